The molecule has 3 N–H and O–H groups in total. The normalized spacial score (nSPS) is 11.5. The summed E-state index contributed by atoms with van der Waals surface area (Å²) in [5.74, 6) is -1.28. The Labute approximate surface area is 156 Å². The van der Waals surface area contributed by atoms with Crippen LogP contribution in [0, 0.1) is 5.92 Å². The van der Waals surface area contributed by atoms with Crippen molar-refractivity contribution in [3.05, 3.63) is 41.7 Å². The van der Waals surface area contributed by atoms with Gasteiger partial charge in [-0.2, -0.15) is 0 Å². The van der Waals surface area contributed by atoms with E-state index in [2.05, 4.69) is 20.4 Å². The molecule has 0 bridgehead atoms. The average Bonchev–Trinajstić information content (AvgIpc) is 3.05. The first-order valence-electron chi connectivity index (χ1n) is 8.16. The summed E-state index contributed by atoms with van der Waals surface area (Å²) in [6, 6.07) is 5.56. The van der Waals surface area contributed by atoms with Gasteiger partial charge in [0.05, 0.1) is 17.6 Å². The summed E-state index contributed by atoms with van der Waals surface area (Å²) < 4.78 is 27.9. The molecule has 1 aromatic heterocycles. The minimum atomic E-state index is -3.61. The highest BCUT2D eigenvalue weighted by Gasteiger charge is 2.15. The molecule has 1 heterocycles. The molecule has 11 heteroatoms. The highest BCUT2D eigenvalue weighted by molar-refractivity contribution is 7.89. The summed E-state index contributed by atoms with van der Waals surface area (Å²) in [5.41, 5.74) is 0.692. The van der Waals surface area contributed by atoms with Crippen molar-refractivity contribution >= 4 is 21.9 Å². The maximum atomic E-state index is 12.2. The van der Waals surface area contributed by atoms with E-state index in [0.29, 0.717) is 12.2 Å². The number of carbonyl (C=O) groups excluding carboxylic acids is 1. The second kappa shape index (κ2) is 8.73. The van der Waals surface area contributed by atoms with Crippen molar-refractivity contribution < 1.29 is 23.1 Å². The summed E-state index contributed by atoms with van der Waals surface area (Å²) in [6.45, 7) is 3.87. The molecule has 27 heavy (non-hydrogen) atoms. The molecule has 0 aliphatic carbocycles. The molecule has 0 unspecified atom stereocenters. The maximum Gasteiger partial charge on any atom is 0.325 e. The monoisotopic (exact) mass is 395 g/mol. The van der Waals surface area contributed by atoms with E-state index in [4.69, 9.17) is 5.11 Å². The van der Waals surface area contributed by atoms with Crippen LogP contribution in [-0.4, -0.2) is 46.9 Å². The van der Waals surface area contributed by atoms with Crippen LogP contribution in [0.1, 0.15) is 29.9 Å². The zero-order chi connectivity index (χ0) is 20.0. The number of hydrogen-bond donors (Lipinski definition) is 3. The molecule has 10 nitrogen and oxygen atoms in total. The van der Waals surface area contributed by atoms with Crippen molar-refractivity contribution in [3.63, 3.8) is 0 Å². The standard InChI is InChI=1S/C16H21N5O5S/c1-11(2)7-18-27(25,26)14-5-3-12(4-6-14)16(24)17-8-13-9-21(20-19-13)10-15(22)23/h3-6,9,11,18H,7-8,10H2,1-2H3,(H,17,24)(H,22,23). The lowest BCUT2D eigenvalue weighted by atomic mass is 10.2. The molecule has 0 spiro atoms. The van der Waals surface area contributed by atoms with Gasteiger partial charge in [-0.25, -0.2) is 17.8 Å². The maximum absolute atomic E-state index is 12.2. The molecule has 1 amide bonds. The quantitative estimate of drug-likeness (QED) is 0.551. The van der Waals surface area contributed by atoms with Crippen LogP contribution in [0.15, 0.2) is 35.4 Å². The number of amides is 1. The van der Waals surface area contributed by atoms with E-state index in [1.165, 1.54) is 30.5 Å². The molecule has 0 saturated carbocycles. The number of hydrogen-bond acceptors (Lipinski definition) is 6. The summed E-state index contributed by atoms with van der Waals surface area (Å²) >= 11 is 0. The number of carboxylic acids is 1. The number of rotatable bonds is 9. The number of aromatic nitrogens is 3. The number of nitrogens with one attached hydrogen (secondary N) is 2. The van der Waals surface area contributed by atoms with Gasteiger partial charge < -0.3 is 10.4 Å². The Morgan fingerprint density at radius 2 is 1.89 bits per heavy atom. The van der Waals surface area contributed by atoms with Crippen molar-refractivity contribution in [1.29, 1.82) is 0 Å². The number of carbonyl (C=O) groups is 2. The fourth-order valence-corrected chi connectivity index (χ4v) is 3.27. The van der Waals surface area contributed by atoms with Gasteiger partial charge >= 0.3 is 5.97 Å². The molecule has 0 aliphatic rings. The van der Waals surface area contributed by atoms with Gasteiger partial charge in [0, 0.05) is 12.1 Å². The third-order valence-corrected chi connectivity index (χ3v) is 4.86. The summed E-state index contributed by atoms with van der Waals surface area (Å²) in [4.78, 5) is 22.8. The number of carboxylic acid groups (broad SMARTS) is 1. The Morgan fingerprint density at radius 3 is 2.48 bits per heavy atom. The predicted octanol–water partition coefficient (Wildman–Crippen LogP) is 0.227. The van der Waals surface area contributed by atoms with E-state index in [0.717, 1.165) is 4.68 Å². The van der Waals surface area contributed by atoms with Crippen molar-refractivity contribution in [2.24, 2.45) is 5.92 Å². The van der Waals surface area contributed by atoms with Gasteiger partial charge in [-0.3, -0.25) is 9.59 Å². The summed E-state index contributed by atoms with van der Waals surface area (Å²) in [7, 11) is -3.61. The molecule has 146 valence electrons. The van der Waals surface area contributed by atoms with Crippen LogP contribution >= 0.6 is 0 Å². The van der Waals surface area contributed by atoms with Crippen LogP contribution in [0.3, 0.4) is 0 Å². The lowest BCUT2D eigenvalue weighted by molar-refractivity contribution is -0.137. The Balaban J connectivity index is 1.95. The zero-order valence-electron chi connectivity index (χ0n) is 14.9. The number of sulfonamides is 1. The molecule has 0 radical (unpaired) electrons. The smallest absolute Gasteiger partial charge is 0.325 e. The fourth-order valence-electron chi connectivity index (χ4n) is 2.05. The average molecular weight is 395 g/mol. The van der Waals surface area contributed by atoms with Gasteiger partial charge in [-0.1, -0.05) is 19.1 Å². The second-order valence-corrected chi connectivity index (χ2v) is 8.02. The van der Waals surface area contributed by atoms with Crippen LogP contribution < -0.4 is 10.0 Å². The second-order valence-electron chi connectivity index (χ2n) is 6.25. The third-order valence-electron chi connectivity index (χ3n) is 3.42. The Kier molecular flexibility index (Phi) is 6.64. The van der Waals surface area contributed by atoms with Crippen molar-refractivity contribution in [2.45, 2.75) is 31.8 Å². The van der Waals surface area contributed by atoms with Crippen LogP contribution in [0.4, 0.5) is 0 Å². The van der Waals surface area contributed by atoms with Crippen molar-refractivity contribution in [2.75, 3.05) is 6.54 Å². The number of aliphatic carboxylic acids is 1. The molecule has 0 aliphatic heterocycles. The van der Waals surface area contributed by atoms with Crippen LogP contribution in [0.2, 0.25) is 0 Å². The van der Waals surface area contributed by atoms with E-state index in [9.17, 15) is 18.0 Å². The SMILES string of the molecule is CC(C)CNS(=O)(=O)c1ccc(C(=O)NCc2cn(CC(=O)O)nn2)cc1. The molecule has 1 aromatic carbocycles. The molecular weight excluding hydrogens is 374 g/mol. The molecular formula is C16H21N5O5S. The number of nitrogens with zero attached hydrogens (tertiary/aromatic N) is 3. The molecule has 2 aromatic rings. The molecule has 0 atom stereocenters. The van der Waals surface area contributed by atoms with Gasteiger partial charge in [-0.05, 0) is 30.2 Å². The Bertz CT molecular complexity index is 906. The van der Waals surface area contributed by atoms with Gasteiger partial charge in [0.1, 0.15) is 12.2 Å². The van der Waals surface area contributed by atoms with E-state index in [-0.39, 0.29) is 29.5 Å². The molecule has 2 rings (SSSR count). The van der Waals surface area contributed by atoms with E-state index < -0.39 is 21.9 Å². The van der Waals surface area contributed by atoms with Crippen LogP contribution in [0.5, 0.6) is 0 Å². The van der Waals surface area contributed by atoms with E-state index in [1.54, 1.807) is 0 Å². The van der Waals surface area contributed by atoms with E-state index in [1.807, 2.05) is 13.8 Å². The first kappa shape index (κ1) is 20.5. The first-order valence-corrected chi connectivity index (χ1v) is 9.64. The summed E-state index contributed by atoms with van der Waals surface area (Å²) in [5, 5.41) is 18.7. The molecule has 0 saturated heterocycles. The minimum Gasteiger partial charge on any atom is -0.480 e. The van der Waals surface area contributed by atoms with Gasteiger partial charge in [0.15, 0.2) is 0 Å². The minimum absolute atomic E-state index is 0.0639. The lowest BCUT2D eigenvalue weighted by Crippen LogP contribution is -2.27. The van der Waals surface area contributed by atoms with Gasteiger partial charge in [0.25, 0.3) is 5.91 Å². The van der Waals surface area contributed by atoms with Crippen molar-refractivity contribution in [1.82, 2.24) is 25.0 Å². The van der Waals surface area contributed by atoms with Gasteiger partial charge in [0.2, 0.25) is 10.0 Å². The molecule has 0 fully saturated rings. The fraction of sp³-hybridized carbons (Fsp3) is 0.375. The Morgan fingerprint density at radius 1 is 1.22 bits per heavy atom. The topological polar surface area (TPSA) is 143 Å². The predicted molar refractivity (Wildman–Crippen MR) is 95.3 cm³/mol. The number of benzene rings is 1. The first-order chi connectivity index (χ1) is 12.7. The highest BCUT2D eigenvalue weighted by atomic mass is 32.2. The largest absolute Gasteiger partial charge is 0.480 e. The Hall–Kier alpha value is -2.79. The highest BCUT2D eigenvalue weighted by Crippen LogP contribution is 2.11. The summed E-state index contributed by atoms with van der Waals surface area (Å²) in [6.07, 6.45) is 1.42. The lowest BCUT2D eigenvalue weighted by Gasteiger charge is -2.09. The van der Waals surface area contributed by atoms with Crippen LogP contribution in [-0.2, 0) is 27.9 Å². The van der Waals surface area contributed by atoms with Crippen LogP contribution in [0.25, 0.3) is 0 Å². The third kappa shape index (κ3) is 6.15. The van der Waals surface area contributed by atoms with Crippen molar-refractivity contribution in [3.8, 4) is 0 Å². The van der Waals surface area contributed by atoms with E-state index >= 15 is 0 Å². The van der Waals surface area contributed by atoms with Gasteiger partial charge in [-0.15, -0.1) is 5.10 Å². The zero-order valence-corrected chi connectivity index (χ0v) is 15.7.